The lowest BCUT2D eigenvalue weighted by Gasteiger charge is -2.11. The summed E-state index contributed by atoms with van der Waals surface area (Å²) in [4.78, 5) is 5.43. The SMILES string of the molecule is Cc1ccc(SCC(N)Cc2cncc(Br)c2)cc1. The highest BCUT2D eigenvalue weighted by atomic mass is 79.9. The molecule has 0 radical (unpaired) electrons. The van der Waals surface area contributed by atoms with Crippen molar-refractivity contribution in [2.24, 2.45) is 5.73 Å². The van der Waals surface area contributed by atoms with Crippen molar-refractivity contribution in [2.45, 2.75) is 24.3 Å². The summed E-state index contributed by atoms with van der Waals surface area (Å²) in [5.41, 5.74) is 8.63. The van der Waals surface area contributed by atoms with Crippen LogP contribution in [0.15, 0.2) is 52.1 Å². The van der Waals surface area contributed by atoms with E-state index in [0.717, 1.165) is 16.6 Å². The first-order valence-corrected chi connectivity index (χ1v) is 7.96. The molecule has 1 atom stereocenters. The molecule has 1 aromatic carbocycles. The van der Waals surface area contributed by atoms with Gasteiger partial charge in [0.05, 0.1) is 0 Å². The highest BCUT2D eigenvalue weighted by Crippen LogP contribution is 2.20. The van der Waals surface area contributed by atoms with E-state index in [9.17, 15) is 0 Å². The molecule has 0 aliphatic heterocycles. The Hall–Kier alpha value is -0.840. The van der Waals surface area contributed by atoms with Gasteiger partial charge in [0, 0.05) is 33.6 Å². The minimum Gasteiger partial charge on any atom is -0.327 e. The fourth-order valence-electron chi connectivity index (χ4n) is 1.77. The summed E-state index contributed by atoms with van der Waals surface area (Å²) in [6, 6.07) is 10.8. The molecule has 19 heavy (non-hydrogen) atoms. The molecule has 0 amide bonds. The summed E-state index contributed by atoms with van der Waals surface area (Å²) in [6.07, 6.45) is 4.52. The number of nitrogens with zero attached hydrogens (tertiary/aromatic N) is 1. The topological polar surface area (TPSA) is 38.9 Å². The Kier molecular flexibility index (Phi) is 5.43. The van der Waals surface area contributed by atoms with E-state index < -0.39 is 0 Å². The van der Waals surface area contributed by atoms with Gasteiger partial charge in [0.2, 0.25) is 0 Å². The number of pyridine rings is 1. The van der Waals surface area contributed by atoms with Gasteiger partial charge in [0.1, 0.15) is 0 Å². The molecular weight excluding hydrogens is 320 g/mol. The van der Waals surface area contributed by atoms with Gasteiger partial charge in [-0.3, -0.25) is 4.98 Å². The van der Waals surface area contributed by atoms with Gasteiger partial charge in [-0.2, -0.15) is 0 Å². The van der Waals surface area contributed by atoms with E-state index in [2.05, 4.69) is 58.2 Å². The first kappa shape index (κ1) is 14.6. The molecule has 0 saturated carbocycles. The van der Waals surface area contributed by atoms with Crippen molar-refractivity contribution in [3.63, 3.8) is 0 Å². The lowest BCUT2D eigenvalue weighted by molar-refractivity contribution is 0.745. The summed E-state index contributed by atoms with van der Waals surface area (Å²) in [5.74, 6) is 0.912. The van der Waals surface area contributed by atoms with Gasteiger partial charge >= 0.3 is 0 Å². The largest absolute Gasteiger partial charge is 0.327 e. The van der Waals surface area contributed by atoms with Gasteiger partial charge in [-0.25, -0.2) is 0 Å². The molecule has 2 N–H and O–H groups in total. The van der Waals surface area contributed by atoms with Crippen molar-refractivity contribution in [3.05, 3.63) is 58.3 Å². The van der Waals surface area contributed by atoms with E-state index >= 15 is 0 Å². The normalized spacial score (nSPS) is 12.4. The lowest BCUT2D eigenvalue weighted by atomic mass is 10.1. The zero-order chi connectivity index (χ0) is 13.7. The Morgan fingerprint density at radius 3 is 2.68 bits per heavy atom. The van der Waals surface area contributed by atoms with Crippen molar-refractivity contribution in [2.75, 3.05) is 5.75 Å². The van der Waals surface area contributed by atoms with Crippen molar-refractivity contribution < 1.29 is 0 Å². The van der Waals surface area contributed by atoms with Gasteiger partial charge in [-0.1, -0.05) is 17.7 Å². The smallest absolute Gasteiger partial charge is 0.0410 e. The zero-order valence-corrected chi connectivity index (χ0v) is 13.2. The third-order valence-corrected chi connectivity index (χ3v) is 4.38. The van der Waals surface area contributed by atoms with Crippen LogP contribution in [-0.2, 0) is 6.42 Å². The van der Waals surface area contributed by atoms with Gasteiger partial charge in [-0.05, 0) is 53.0 Å². The molecule has 2 nitrogen and oxygen atoms in total. The quantitative estimate of drug-likeness (QED) is 0.843. The average Bonchev–Trinajstić information content (AvgIpc) is 2.38. The third-order valence-electron chi connectivity index (χ3n) is 2.74. The second-order valence-electron chi connectivity index (χ2n) is 4.60. The Morgan fingerprint density at radius 1 is 1.26 bits per heavy atom. The third kappa shape index (κ3) is 4.97. The number of aryl methyl sites for hydroxylation is 1. The van der Waals surface area contributed by atoms with Crippen molar-refractivity contribution >= 4 is 27.7 Å². The number of hydrogen-bond acceptors (Lipinski definition) is 3. The number of aromatic nitrogens is 1. The number of nitrogens with two attached hydrogens (primary N) is 1. The summed E-state index contributed by atoms with van der Waals surface area (Å²) < 4.78 is 1.00. The van der Waals surface area contributed by atoms with Crippen molar-refractivity contribution in [1.29, 1.82) is 0 Å². The number of thioether (sulfide) groups is 1. The lowest BCUT2D eigenvalue weighted by Crippen LogP contribution is -2.25. The highest BCUT2D eigenvalue weighted by Gasteiger charge is 2.06. The summed E-state index contributed by atoms with van der Waals surface area (Å²) in [5, 5.41) is 0. The summed E-state index contributed by atoms with van der Waals surface area (Å²) in [6.45, 7) is 2.10. The second kappa shape index (κ2) is 7.08. The summed E-state index contributed by atoms with van der Waals surface area (Å²) >= 11 is 5.23. The van der Waals surface area contributed by atoms with Crippen molar-refractivity contribution in [3.8, 4) is 0 Å². The molecule has 1 aromatic heterocycles. The molecule has 0 aliphatic rings. The van der Waals surface area contributed by atoms with Crippen LogP contribution in [0.5, 0.6) is 0 Å². The average molecular weight is 337 g/mol. The first-order chi connectivity index (χ1) is 9.13. The maximum Gasteiger partial charge on any atom is 0.0410 e. The van der Waals surface area contributed by atoms with Crippen LogP contribution in [0.1, 0.15) is 11.1 Å². The molecule has 2 rings (SSSR count). The molecule has 1 unspecified atom stereocenters. The van der Waals surface area contributed by atoms with Crippen LogP contribution in [0.3, 0.4) is 0 Å². The molecular formula is C15H17BrN2S. The van der Waals surface area contributed by atoms with E-state index in [4.69, 9.17) is 5.73 Å². The number of hydrogen-bond donors (Lipinski definition) is 1. The van der Waals surface area contributed by atoms with Crippen LogP contribution in [0.2, 0.25) is 0 Å². The first-order valence-electron chi connectivity index (χ1n) is 6.18. The predicted molar refractivity (Wildman–Crippen MR) is 85.5 cm³/mol. The van der Waals surface area contributed by atoms with Gasteiger partial charge in [-0.15, -0.1) is 11.8 Å². The molecule has 4 heteroatoms. The minimum absolute atomic E-state index is 0.141. The van der Waals surface area contributed by atoms with E-state index in [1.807, 2.05) is 6.20 Å². The number of halogens is 1. The predicted octanol–water partition coefficient (Wildman–Crippen LogP) is 3.81. The number of rotatable bonds is 5. The van der Waals surface area contributed by atoms with E-state index in [1.165, 1.54) is 16.0 Å². The summed E-state index contributed by atoms with van der Waals surface area (Å²) in [7, 11) is 0. The fourth-order valence-corrected chi connectivity index (χ4v) is 3.03. The Morgan fingerprint density at radius 2 is 2.00 bits per heavy atom. The fraction of sp³-hybridized carbons (Fsp3) is 0.267. The maximum atomic E-state index is 6.17. The Balaban J connectivity index is 1.84. The molecule has 1 heterocycles. The molecule has 0 aliphatic carbocycles. The zero-order valence-electron chi connectivity index (χ0n) is 10.8. The van der Waals surface area contributed by atoms with Crippen LogP contribution in [0.4, 0.5) is 0 Å². The van der Waals surface area contributed by atoms with Crippen LogP contribution in [0.25, 0.3) is 0 Å². The maximum absolute atomic E-state index is 6.17. The van der Waals surface area contributed by atoms with E-state index in [1.54, 1.807) is 18.0 Å². The minimum atomic E-state index is 0.141. The standard InChI is InChI=1S/C15H17BrN2S/c1-11-2-4-15(5-3-11)19-10-14(17)7-12-6-13(16)9-18-8-12/h2-6,8-9,14H,7,10,17H2,1H3. The molecule has 0 bridgehead atoms. The van der Waals surface area contributed by atoms with Crippen LogP contribution < -0.4 is 5.73 Å². The van der Waals surface area contributed by atoms with Crippen LogP contribution >= 0.6 is 27.7 Å². The van der Waals surface area contributed by atoms with Gasteiger partial charge < -0.3 is 5.73 Å². The highest BCUT2D eigenvalue weighted by molar-refractivity contribution is 9.10. The van der Waals surface area contributed by atoms with E-state index in [0.29, 0.717) is 0 Å². The molecule has 100 valence electrons. The Labute approximate surface area is 126 Å². The van der Waals surface area contributed by atoms with Gasteiger partial charge in [0.15, 0.2) is 0 Å². The molecule has 2 aromatic rings. The molecule has 0 spiro atoms. The van der Waals surface area contributed by atoms with Crippen LogP contribution in [-0.4, -0.2) is 16.8 Å². The Bertz CT molecular complexity index is 528. The van der Waals surface area contributed by atoms with Crippen molar-refractivity contribution in [1.82, 2.24) is 4.98 Å². The van der Waals surface area contributed by atoms with E-state index in [-0.39, 0.29) is 6.04 Å². The molecule has 0 saturated heterocycles. The van der Waals surface area contributed by atoms with Gasteiger partial charge in [0.25, 0.3) is 0 Å². The van der Waals surface area contributed by atoms with Crippen LogP contribution in [0, 0.1) is 6.92 Å². The molecule has 0 fully saturated rings. The number of benzene rings is 1. The second-order valence-corrected chi connectivity index (χ2v) is 6.61. The monoisotopic (exact) mass is 336 g/mol.